The first-order valence-corrected chi connectivity index (χ1v) is 3.69. The minimum Gasteiger partial charge on any atom is -1.00 e. The topological polar surface area (TPSA) is 3.88 Å². The molecule has 1 aromatic heterocycles. The Labute approximate surface area is 74.5 Å². The number of halogens is 1. The van der Waals surface area contributed by atoms with Gasteiger partial charge in [0.1, 0.15) is 7.05 Å². The van der Waals surface area contributed by atoms with Crippen molar-refractivity contribution in [2.24, 2.45) is 7.05 Å². The number of hydrogen-bond acceptors (Lipinski definition) is 0. The summed E-state index contributed by atoms with van der Waals surface area (Å²) < 4.78 is 2.15. The molecule has 0 N–H and O–H groups in total. The summed E-state index contributed by atoms with van der Waals surface area (Å²) in [5.41, 5.74) is 2.70. The van der Waals surface area contributed by atoms with E-state index >= 15 is 0 Å². The molecule has 0 amide bonds. The third-order valence-corrected chi connectivity index (χ3v) is 1.86. The lowest BCUT2D eigenvalue weighted by Gasteiger charge is -1.95. The fraction of sp³-hybridized carbons (Fsp3) is 0.444. The lowest BCUT2D eigenvalue weighted by Crippen LogP contribution is -3.00. The van der Waals surface area contributed by atoms with Crippen LogP contribution in [-0.4, -0.2) is 0 Å². The molecule has 1 aromatic rings. The van der Waals surface area contributed by atoms with Crippen molar-refractivity contribution < 1.29 is 17.0 Å². The van der Waals surface area contributed by atoms with E-state index in [1.54, 1.807) is 0 Å². The molecule has 0 saturated heterocycles. The molecule has 0 radical (unpaired) electrons. The molecule has 0 aliphatic rings. The Morgan fingerprint density at radius 1 is 1.36 bits per heavy atom. The van der Waals surface area contributed by atoms with Crippen LogP contribution < -0.4 is 17.0 Å². The van der Waals surface area contributed by atoms with E-state index in [-0.39, 0.29) is 12.4 Å². The van der Waals surface area contributed by atoms with Gasteiger partial charge in [-0.3, -0.25) is 0 Å². The second kappa shape index (κ2) is 4.35. The van der Waals surface area contributed by atoms with E-state index in [1.807, 2.05) is 0 Å². The van der Waals surface area contributed by atoms with Gasteiger partial charge in [0.2, 0.25) is 0 Å². The molecule has 0 atom stereocenters. The Morgan fingerprint density at radius 2 is 2.00 bits per heavy atom. The molecule has 1 rings (SSSR count). The predicted octanol–water partition coefficient (Wildman–Crippen LogP) is -1.61. The molecule has 0 saturated carbocycles. The fourth-order valence-electron chi connectivity index (χ4n) is 0.948. The summed E-state index contributed by atoms with van der Waals surface area (Å²) in [7, 11) is 2.08. The number of aromatic nitrogens is 1. The second-order valence-electron chi connectivity index (χ2n) is 2.64. The average Bonchev–Trinajstić information content (AvgIpc) is 1.95. The van der Waals surface area contributed by atoms with Crippen molar-refractivity contribution in [1.29, 1.82) is 0 Å². The highest BCUT2D eigenvalue weighted by Crippen LogP contribution is 1.96. The van der Waals surface area contributed by atoms with Crippen LogP contribution in [0, 0.1) is 6.92 Å². The molecule has 0 aliphatic heterocycles. The molecule has 0 aromatic carbocycles. The van der Waals surface area contributed by atoms with Gasteiger partial charge in [-0.25, -0.2) is 4.57 Å². The van der Waals surface area contributed by atoms with E-state index in [1.165, 1.54) is 11.3 Å². The summed E-state index contributed by atoms with van der Waals surface area (Å²) in [6, 6.07) is 4.33. The Hall–Kier alpha value is -0.560. The minimum atomic E-state index is 0. The van der Waals surface area contributed by atoms with E-state index in [0.29, 0.717) is 0 Å². The highest BCUT2D eigenvalue weighted by atomic mass is 35.5. The number of nitrogens with zero attached hydrogens (tertiary/aromatic N) is 1. The quantitative estimate of drug-likeness (QED) is 0.448. The molecule has 0 spiro atoms. The van der Waals surface area contributed by atoms with Gasteiger partial charge in [-0.1, -0.05) is 6.92 Å². The van der Waals surface area contributed by atoms with Crippen LogP contribution in [0.25, 0.3) is 0 Å². The van der Waals surface area contributed by atoms with Crippen molar-refractivity contribution >= 4 is 0 Å². The van der Waals surface area contributed by atoms with E-state index < -0.39 is 0 Å². The van der Waals surface area contributed by atoms with E-state index in [2.05, 4.69) is 43.8 Å². The Kier molecular flexibility index (Phi) is 4.12. The van der Waals surface area contributed by atoms with Gasteiger partial charge in [0.05, 0.1) is 0 Å². The van der Waals surface area contributed by atoms with Gasteiger partial charge in [-0.05, 0) is 12.5 Å². The van der Waals surface area contributed by atoms with Crippen LogP contribution in [0.1, 0.15) is 18.2 Å². The van der Waals surface area contributed by atoms with Gasteiger partial charge < -0.3 is 12.4 Å². The Morgan fingerprint density at radius 3 is 2.45 bits per heavy atom. The smallest absolute Gasteiger partial charge is 0.177 e. The van der Waals surface area contributed by atoms with E-state index in [9.17, 15) is 0 Å². The van der Waals surface area contributed by atoms with Crippen LogP contribution in [0.3, 0.4) is 0 Å². The molecule has 62 valence electrons. The summed E-state index contributed by atoms with van der Waals surface area (Å²) in [4.78, 5) is 0. The maximum atomic E-state index is 2.18. The molecule has 11 heavy (non-hydrogen) atoms. The molecule has 1 heterocycles. The summed E-state index contributed by atoms with van der Waals surface area (Å²) >= 11 is 0. The van der Waals surface area contributed by atoms with Crippen molar-refractivity contribution in [3.8, 4) is 0 Å². The van der Waals surface area contributed by atoms with E-state index in [0.717, 1.165) is 6.42 Å². The molecule has 0 bridgehead atoms. The number of rotatable bonds is 1. The van der Waals surface area contributed by atoms with Crippen molar-refractivity contribution in [3.63, 3.8) is 0 Å². The zero-order valence-electron chi connectivity index (χ0n) is 7.26. The largest absolute Gasteiger partial charge is 1.00 e. The SMILES string of the molecule is CCc1ccc(C)[n+](C)c1.[Cl-]. The van der Waals surface area contributed by atoms with Crippen LogP contribution in [0.4, 0.5) is 0 Å². The van der Waals surface area contributed by atoms with Gasteiger partial charge >= 0.3 is 0 Å². The van der Waals surface area contributed by atoms with Crippen LogP contribution in [0.15, 0.2) is 18.3 Å². The Balaban J connectivity index is 0.000001000. The van der Waals surface area contributed by atoms with Crippen LogP contribution in [-0.2, 0) is 13.5 Å². The van der Waals surface area contributed by atoms with Crippen molar-refractivity contribution in [2.45, 2.75) is 20.3 Å². The molecule has 2 heteroatoms. The number of pyridine rings is 1. The van der Waals surface area contributed by atoms with Gasteiger partial charge in [0.15, 0.2) is 11.9 Å². The highest BCUT2D eigenvalue weighted by molar-refractivity contribution is 5.08. The first-order chi connectivity index (χ1) is 4.74. The zero-order chi connectivity index (χ0) is 7.56. The van der Waals surface area contributed by atoms with Gasteiger partial charge in [0.25, 0.3) is 0 Å². The Bertz CT molecular complexity index is 233. The van der Waals surface area contributed by atoms with Gasteiger partial charge in [0, 0.05) is 18.6 Å². The molecule has 0 aliphatic carbocycles. The molecule has 0 fully saturated rings. The van der Waals surface area contributed by atoms with Crippen LogP contribution >= 0.6 is 0 Å². The monoisotopic (exact) mass is 171 g/mol. The zero-order valence-corrected chi connectivity index (χ0v) is 8.02. The number of aryl methyl sites for hydroxylation is 3. The van der Waals surface area contributed by atoms with Crippen molar-refractivity contribution in [1.82, 2.24) is 0 Å². The summed E-state index contributed by atoms with van der Waals surface area (Å²) in [5, 5.41) is 0. The lowest BCUT2D eigenvalue weighted by molar-refractivity contribution is -0.678. The van der Waals surface area contributed by atoms with Crippen molar-refractivity contribution in [2.75, 3.05) is 0 Å². The lowest BCUT2D eigenvalue weighted by atomic mass is 10.2. The normalized spacial score (nSPS) is 9.00. The summed E-state index contributed by atoms with van der Waals surface area (Å²) in [5.74, 6) is 0. The van der Waals surface area contributed by atoms with E-state index in [4.69, 9.17) is 0 Å². The third kappa shape index (κ3) is 2.51. The standard InChI is InChI=1S/C9H14N.ClH/c1-4-9-6-5-8(2)10(3)7-9;/h5-7H,4H2,1-3H3;1H/q+1;/p-1. The maximum Gasteiger partial charge on any atom is 0.177 e. The molecular formula is C9H14ClN. The van der Waals surface area contributed by atoms with Crippen LogP contribution in [0.5, 0.6) is 0 Å². The van der Waals surface area contributed by atoms with Crippen LogP contribution in [0.2, 0.25) is 0 Å². The minimum absolute atomic E-state index is 0. The highest BCUT2D eigenvalue weighted by Gasteiger charge is 1.99. The first-order valence-electron chi connectivity index (χ1n) is 3.69. The second-order valence-corrected chi connectivity index (χ2v) is 2.64. The number of hydrogen-bond donors (Lipinski definition) is 0. The first kappa shape index (κ1) is 10.4. The van der Waals surface area contributed by atoms with Gasteiger partial charge in [-0.15, -0.1) is 0 Å². The third-order valence-electron chi connectivity index (χ3n) is 1.86. The average molecular weight is 172 g/mol. The molecule has 1 nitrogen and oxygen atoms in total. The molecular weight excluding hydrogens is 158 g/mol. The van der Waals surface area contributed by atoms with Gasteiger partial charge in [-0.2, -0.15) is 0 Å². The summed E-state index contributed by atoms with van der Waals surface area (Å²) in [6.45, 7) is 4.28. The maximum absolute atomic E-state index is 2.18. The molecule has 0 unspecified atom stereocenters. The van der Waals surface area contributed by atoms with Crippen molar-refractivity contribution in [3.05, 3.63) is 29.6 Å². The summed E-state index contributed by atoms with van der Waals surface area (Å²) in [6.07, 6.45) is 3.30. The predicted molar refractivity (Wildman–Crippen MR) is 41.7 cm³/mol. The fourth-order valence-corrected chi connectivity index (χ4v) is 0.948.